The van der Waals surface area contributed by atoms with Gasteiger partial charge in [-0.3, -0.25) is 4.90 Å². The number of ether oxygens (including phenoxy) is 1. The molecule has 2 saturated heterocycles. The predicted octanol–water partition coefficient (Wildman–Crippen LogP) is 2.82. The molecule has 0 radical (unpaired) electrons. The van der Waals surface area contributed by atoms with Gasteiger partial charge in [0.15, 0.2) is 5.60 Å². The van der Waals surface area contributed by atoms with Gasteiger partial charge in [-0.2, -0.15) is 0 Å². The second-order valence-electron chi connectivity index (χ2n) is 5.68. The number of rotatable bonds is 0. The number of esters is 1. The molecule has 1 spiro atoms. The number of carbonyl (C=O) groups is 1. The van der Waals surface area contributed by atoms with Crippen molar-refractivity contribution in [2.75, 3.05) is 6.54 Å². The molecule has 1 aliphatic carbocycles. The number of piperidine rings is 1. The molecular formula is C16H23NO2. The Balaban J connectivity index is 0.000000528. The van der Waals surface area contributed by atoms with Crippen LogP contribution < -0.4 is 0 Å². The summed E-state index contributed by atoms with van der Waals surface area (Å²) in [6.07, 6.45) is 5.40. The van der Waals surface area contributed by atoms with Crippen molar-refractivity contribution in [2.24, 2.45) is 0 Å². The Hall–Kier alpha value is -1.09. The molecule has 19 heavy (non-hydrogen) atoms. The lowest BCUT2D eigenvalue weighted by molar-refractivity contribution is -0.146. The zero-order valence-electron chi connectivity index (χ0n) is 12.3. The maximum atomic E-state index is 11.6. The van der Waals surface area contributed by atoms with E-state index in [0.29, 0.717) is 12.1 Å². The van der Waals surface area contributed by atoms with Gasteiger partial charge in [-0.15, -0.1) is 0 Å². The summed E-state index contributed by atoms with van der Waals surface area (Å²) >= 11 is 0. The number of carbonyl (C=O) groups excluding carboxylic acids is 1. The second kappa shape index (κ2) is 4.20. The van der Waals surface area contributed by atoms with Gasteiger partial charge < -0.3 is 4.74 Å². The van der Waals surface area contributed by atoms with Gasteiger partial charge in [-0.05, 0) is 44.4 Å². The minimum atomic E-state index is -0.332. The number of hydrogen-bond donors (Lipinski definition) is 0. The highest BCUT2D eigenvalue weighted by molar-refractivity contribution is 5.93. The molecule has 0 aromatic heterocycles. The second-order valence-corrected chi connectivity index (χ2v) is 5.68. The standard InChI is InChI=1S/C14H17NO2.C2H6/c1-8-10-7-12(16)17-14(10)11-5-3-4-6-15(11)9(2)13(8)14;1-2/h7,9,11H,3-6H2,1-2H3;1-2H3/t9?,11?,14-;/m0./s1. The van der Waals surface area contributed by atoms with Crippen LogP contribution in [0.15, 0.2) is 22.8 Å². The van der Waals surface area contributed by atoms with Gasteiger partial charge in [0.25, 0.3) is 0 Å². The smallest absolute Gasteiger partial charge is 0.332 e. The van der Waals surface area contributed by atoms with E-state index in [1.54, 1.807) is 6.08 Å². The topological polar surface area (TPSA) is 29.5 Å². The average Bonchev–Trinajstić information content (AvgIpc) is 2.85. The molecule has 3 heterocycles. The highest BCUT2D eigenvalue weighted by Gasteiger charge is 2.67. The van der Waals surface area contributed by atoms with Gasteiger partial charge in [-0.25, -0.2) is 4.79 Å². The largest absolute Gasteiger partial charge is 0.445 e. The minimum absolute atomic E-state index is 0.144. The summed E-state index contributed by atoms with van der Waals surface area (Å²) in [5, 5.41) is 0. The van der Waals surface area contributed by atoms with Gasteiger partial charge in [0.05, 0.1) is 6.04 Å². The first-order chi connectivity index (χ1) is 9.16. The van der Waals surface area contributed by atoms with E-state index in [2.05, 4.69) is 18.7 Å². The number of nitrogens with zero attached hydrogens (tertiary/aromatic N) is 1. The fourth-order valence-electron chi connectivity index (χ4n) is 4.49. The quantitative estimate of drug-likeness (QED) is 0.628. The molecule has 4 rings (SSSR count). The summed E-state index contributed by atoms with van der Waals surface area (Å²) in [7, 11) is 0. The summed E-state index contributed by atoms with van der Waals surface area (Å²) in [5.74, 6) is -0.144. The van der Waals surface area contributed by atoms with Gasteiger partial charge >= 0.3 is 5.97 Å². The monoisotopic (exact) mass is 261 g/mol. The van der Waals surface area contributed by atoms with Gasteiger partial charge in [0.2, 0.25) is 0 Å². The van der Waals surface area contributed by atoms with Crippen LogP contribution in [-0.2, 0) is 9.53 Å². The SMILES string of the molecule is CC.CC1=C2C(C)N3CCCCC3[C@]23OC(=O)C=C13. The molecule has 0 N–H and O–H groups in total. The van der Waals surface area contributed by atoms with Crippen LogP contribution in [-0.4, -0.2) is 35.1 Å². The zero-order chi connectivity index (χ0) is 13.8. The van der Waals surface area contributed by atoms with Crippen LogP contribution in [0.1, 0.15) is 47.0 Å². The van der Waals surface area contributed by atoms with Crippen LogP contribution in [0.2, 0.25) is 0 Å². The van der Waals surface area contributed by atoms with Crippen molar-refractivity contribution < 1.29 is 9.53 Å². The molecule has 4 aliphatic rings. The Morgan fingerprint density at radius 2 is 2.11 bits per heavy atom. The fourth-order valence-corrected chi connectivity index (χ4v) is 4.49. The van der Waals surface area contributed by atoms with E-state index in [4.69, 9.17) is 4.74 Å². The third-order valence-corrected chi connectivity index (χ3v) is 5.06. The van der Waals surface area contributed by atoms with Crippen LogP contribution in [0.4, 0.5) is 0 Å². The van der Waals surface area contributed by atoms with E-state index in [1.165, 1.54) is 29.6 Å². The van der Waals surface area contributed by atoms with Crippen LogP contribution in [0.5, 0.6) is 0 Å². The van der Waals surface area contributed by atoms with Crippen molar-refractivity contribution in [3.63, 3.8) is 0 Å². The first-order valence-electron chi connectivity index (χ1n) is 7.59. The number of fused-ring (bicyclic) bond motifs is 1. The van der Waals surface area contributed by atoms with Gasteiger partial charge in [0.1, 0.15) is 0 Å². The van der Waals surface area contributed by atoms with Crippen molar-refractivity contribution in [2.45, 2.75) is 64.6 Å². The van der Waals surface area contributed by atoms with Crippen LogP contribution in [0, 0.1) is 0 Å². The molecule has 0 aromatic carbocycles. The normalized spacial score (nSPS) is 39.4. The maximum Gasteiger partial charge on any atom is 0.332 e. The molecule has 0 saturated carbocycles. The molecular weight excluding hydrogens is 238 g/mol. The van der Waals surface area contributed by atoms with Gasteiger partial charge in [0, 0.05) is 17.7 Å². The molecule has 3 aliphatic heterocycles. The van der Waals surface area contributed by atoms with Gasteiger partial charge in [-0.1, -0.05) is 20.3 Å². The summed E-state index contributed by atoms with van der Waals surface area (Å²) in [5.41, 5.74) is 3.51. The Labute approximate surface area is 115 Å². The summed E-state index contributed by atoms with van der Waals surface area (Å²) in [4.78, 5) is 14.2. The van der Waals surface area contributed by atoms with Crippen molar-refractivity contribution in [3.05, 3.63) is 22.8 Å². The first-order valence-corrected chi connectivity index (χ1v) is 7.59. The molecule has 3 heteroatoms. The summed E-state index contributed by atoms with van der Waals surface area (Å²) < 4.78 is 5.75. The molecule has 2 fully saturated rings. The average molecular weight is 261 g/mol. The highest BCUT2D eigenvalue weighted by Crippen LogP contribution is 2.60. The Bertz CT molecular complexity index is 491. The fraction of sp³-hybridized carbons (Fsp3) is 0.688. The molecule has 104 valence electrons. The highest BCUT2D eigenvalue weighted by atomic mass is 16.6. The van der Waals surface area contributed by atoms with E-state index in [-0.39, 0.29) is 11.6 Å². The third-order valence-electron chi connectivity index (χ3n) is 5.06. The first kappa shape index (κ1) is 12.9. The van der Waals surface area contributed by atoms with E-state index in [0.717, 1.165) is 13.0 Å². The summed E-state index contributed by atoms with van der Waals surface area (Å²) in [6.45, 7) is 9.54. The number of hydrogen-bond acceptors (Lipinski definition) is 3. The van der Waals surface area contributed by atoms with Crippen LogP contribution in [0.3, 0.4) is 0 Å². The lowest BCUT2D eigenvalue weighted by atomic mass is 9.66. The third kappa shape index (κ3) is 1.34. The Morgan fingerprint density at radius 1 is 1.37 bits per heavy atom. The van der Waals surface area contributed by atoms with Crippen molar-refractivity contribution in [1.82, 2.24) is 4.90 Å². The Kier molecular flexibility index (Phi) is 2.86. The van der Waals surface area contributed by atoms with E-state index < -0.39 is 0 Å². The van der Waals surface area contributed by atoms with E-state index in [9.17, 15) is 4.79 Å². The molecule has 0 bridgehead atoms. The van der Waals surface area contributed by atoms with Crippen molar-refractivity contribution in [1.29, 1.82) is 0 Å². The van der Waals surface area contributed by atoms with Crippen LogP contribution >= 0.6 is 0 Å². The zero-order valence-corrected chi connectivity index (χ0v) is 12.3. The van der Waals surface area contributed by atoms with E-state index >= 15 is 0 Å². The molecule has 3 nitrogen and oxygen atoms in total. The molecule has 2 unspecified atom stereocenters. The van der Waals surface area contributed by atoms with Crippen LogP contribution in [0.25, 0.3) is 0 Å². The van der Waals surface area contributed by atoms with Crippen molar-refractivity contribution in [3.8, 4) is 0 Å². The lowest BCUT2D eigenvalue weighted by Gasteiger charge is -2.44. The minimum Gasteiger partial charge on any atom is -0.445 e. The lowest BCUT2D eigenvalue weighted by Crippen LogP contribution is -2.52. The van der Waals surface area contributed by atoms with E-state index in [1.807, 2.05) is 13.8 Å². The molecule has 0 amide bonds. The maximum absolute atomic E-state index is 11.6. The Morgan fingerprint density at radius 3 is 2.84 bits per heavy atom. The van der Waals surface area contributed by atoms with Crippen molar-refractivity contribution >= 4 is 5.97 Å². The predicted molar refractivity (Wildman–Crippen MR) is 74.8 cm³/mol. The molecule has 0 aromatic rings. The summed E-state index contributed by atoms with van der Waals surface area (Å²) in [6, 6.07) is 0.853. The molecule has 3 atom stereocenters.